The van der Waals surface area contributed by atoms with Gasteiger partial charge in [-0.05, 0) is 43.7 Å². The van der Waals surface area contributed by atoms with E-state index in [0.29, 0.717) is 15.6 Å². The second-order valence-corrected chi connectivity index (χ2v) is 5.60. The minimum Gasteiger partial charge on any atom is -0.362 e. The Bertz CT molecular complexity index is 708. The zero-order valence-corrected chi connectivity index (χ0v) is 13.3. The quantitative estimate of drug-likeness (QED) is 0.602. The summed E-state index contributed by atoms with van der Waals surface area (Å²) in [6.45, 7) is 3.89. The lowest BCUT2D eigenvalue weighted by atomic mass is 10.0. The maximum Gasteiger partial charge on any atom is 0.187 e. The van der Waals surface area contributed by atoms with Gasteiger partial charge in [-0.1, -0.05) is 40.9 Å². The summed E-state index contributed by atoms with van der Waals surface area (Å²) < 4.78 is 0. The molecule has 2 aromatic carbocycles. The Balaban J connectivity index is 2.08. The fourth-order valence-electron chi connectivity index (χ4n) is 1.89. The first-order valence-corrected chi connectivity index (χ1v) is 7.22. The normalized spacial score (nSPS) is 10.9. The van der Waals surface area contributed by atoms with E-state index in [2.05, 4.69) is 5.32 Å². The molecule has 0 bridgehead atoms. The number of halogens is 2. The van der Waals surface area contributed by atoms with E-state index in [1.165, 1.54) is 6.08 Å². The predicted octanol–water partition coefficient (Wildman–Crippen LogP) is 5.42. The lowest BCUT2D eigenvalue weighted by molar-refractivity contribution is 0.104. The molecule has 108 valence electrons. The van der Waals surface area contributed by atoms with Crippen molar-refractivity contribution < 1.29 is 4.79 Å². The van der Waals surface area contributed by atoms with Crippen LogP contribution >= 0.6 is 23.2 Å². The largest absolute Gasteiger partial charge is 0.362 e. The first kappa shape index (κ1) is 15.6. The molecule has 2 rings (SSSR count). The fraction of sp³-hybridized carbons (Fsp3) is 0.118. The third kappa shape index (κ3) is 4.10. The molecule has 0 unspecified atom stereocenters. The van der Waals surface area contributed by atoms with Crippen LogP contribution in [0.1, 0.15) is 21.5 Å². The van der Waals surface area contributed by atoms with Crippen LogP contribution in [0.2, 0.25) is 10.0 Å². The number of hydrogen-bond acceptors (Lipinski definition) is 2. The van der Waals surface area contributed by atoms with Gasteiger partial charge in [0.2, 0.25) is 0 Å². The minimum absolute atomic E-state index is 0.0382. The van der Waals surface area contributed by atoms with Crippen LogP contribution in [-0.4, -0.2) is 5.78 Å². The zero-order chi connectivity index (χ0) is 15.4. The van der Waals surface area contributed by atoms with Crippen molar-refractivity contribution in [3.05, 3.63) is 75.4 Å². The highest BCUT2D eigenvalue weighted by atomic mass is 35.5. The molecule has 0 fully saturated rings. The van der Waals surface area contributed by atoms with Crippen LogP contribution in [0.5, 0.6) is 0 Å². The van der Waals surface area contributed by atoms with Gasteiger partial charge in [-0.2, -0.15) is 0 Å². The zero-order valence-electron chi connectivity index (χ0n) is 11.8. The highest BCUT2D eigenvalue weighted by Crippen LogP contribution is 2.25. The summed E-state index contributed by atoms with van der Waals surface area (Å²) in [5, 5.41) is 3.97. The van der Waals surface area contributed by atoms with E-state index in [1.54, 1.807) is 24.4 Å². The summed E-state index contributed by atoms with van der Waals surface area (Å²) in [7, 11) is 0. The van der Waals surface area contributed by atoms with Gasteiger partial charge in [0.1, 0.15) is 0 Å². The van der Waals surface area contributed by atoms with E-state index < -0.39 is 0 Å². The van der Waals surface area contributed by atoms with Crippen LogP contribution in [0, 0.1) is 13.8 Å². The molecule has 0 aliphatic carbocycles. The molecule has 21 heavy (non-hydrogen) atoms. The van der Waals surface area contributed by atoms with E-state index in [0.717, 1.165) is 16.8 Å². The Hall–Kier alpha value is -1.77. The van der Waals surface area contributed by atoms with Crippen molar-refractivity contribution >= 4 is 34.7 Å². The molecule has 0 aliphatic rings. The molecular weight excluding hydrogens is 305 g/mol. The first-order valence-electron chi connectivity index (χ1n) is 6.47. The summed E-state index contributed by atoms with van der Waals surface area (Å²) in [6, 6.07) is 11.0. The van der Waals surface area contributed by atoms with Gasteiger partial charge in [0.05, 0.1) is 10.0 Å². The van der Waals surface area contributed by atoms with Crippen LogP contribution in [0.25, 0.3) is 0 Å². The minimum atomic E-state index is -0.0382. The molecule has 1 N–H and O–H groups in total. The van der Waals surface area contributed by atoms with Gasteiger partial charge >= 0.3 is 0 Å². The second-order valence-electron chi connectivity index (χ2n) is 4.79. The molecule has 0 atom stereocenters. The number of aryl methyl sites for hydroxylation is 2. The van der Waals surface area contributed by atoms with Crippen molar-refractivity contribution in [2.45, 2.75) is 13.8 Å². The summed E-state index contributed by atoms with van der Waals surface area (Å²) in [5.74, 6) is -0.0382. The van der Waals surface area contributed by atoms with E-state index in [4.69, 9.17) is 23.2 Å². The van der Waals surface area contributed by atoms with E-state index in [9.17, 15) is 4.79 Å². The molecule has 0 aromatic heterocycles. The van der Waals surface area contributed by atoms with Gasteiger partial charge in [0.15, 0.2) is 5.78 Å². The van der Waals surface area contributed by atoms with Crippen molar-refractivity contribution in [2.24, 2.45) is 0 Å². The SMILES string of the molecule is Cc1ccc(C)c(C(=O)C=CNc2ccc(Cl)c(Cl)c2)c1. The number of rotatable bonds is 4. The van der Waals surface area contributed by atoms with E-state index in [1.807, 2.05) is 32.0 Å². The number of allylic oxidation sites excluding steroid dienone is 1. The topological polar surface area (TPSA) is 29.1 Å². The predicted molar refractivity (Wildman–Crippen MR) is 89.5 cm³/mol. The van der Waals surface area contributed by atoms with Crippen LogP contribution in [0.15, 0.2) is 48.7 Å². The molecule has 4 heteroatoms. The summed E-state index contributed by atoms with van der Waals surface area (Å²) in [5.41, 5.74) is 3.51. The molecule has 2 nitrogen and oxygen atoms in total. The van der Waals surface area contributed by atoms with Gasteiger partial charge in [-0.25, -0.2) is 0 Å². The number of carbonyl (C=O) groups excluding carboxylic acids is 1. The third-order valence-corrected chi connectivity index (χ3v) is 3.80. The van der Waals surface area contributed by atoms with Crippen LogP contribution in [0.4, 0.5) is 5.69 Å². The highest BCUT2D eigenvalue weighted by molar-refractivity contribution is 6.42. The third-order valence-electron chi connectivity index (χ3n) is 3.06. The molecule has 0 saturated carbocycles. The molecule has 0 heterocycles. The molecule has 0 amide bonds. The van der Waals surface area contributed by atoms with Crippen LogP contribution < -0.4 is 5.32 Å². The Kier molecular flexibility index (Phi) is 5.05. The maximum absolute atomic E-state index is 12.2. The van der Waals surface area contributed by atoms with E-state index >= 15 is 0 Å². The van der Waals surface area contributed by atoms with Crippen molar-refractivity contribution in [1.29, 1.82) is 0 Å². The van der Waals surface area contributed by atoms with Crippen molar-refractivity contribution in [3.63, 3.8) is 0 Å². The Morgan fingerprint density at radius 1 is 1.05 bits per heavy atom. The molecule has 0 radical (unpaired) electrons. The molecule has 2 aromatic rings. The van der Waals surface area contributed by atoms with Gasteiger partial charge in [0.25, 0.3) is 0 Å². The maximum atomic E-state index is 12.2. The van der Waals surface area contributed by atoms with Crippen molar-refractivity contribution in [3.8, 4) is 0 Å². The summed E-state index contributed by atoms with van der Waals surface area (Å²) in [4.78, 5) is 12.2. The fourth-order valence-corrected chi connectivity index (χ4v) is 2.19. The number of ketones is 1. The molecule has 0 aliphatic heterocycles. The Morgan fingerprint density at radius 2 is 1.81 bits per heavy atom. The monoisotopic (exact) mass is 319 g/mol. The van der Waals surface area contributed by atoms with Crippen molar-refractivity contribution in [1.82, 2.24) is 0 Å². The van der Waals surface area contributed by atoms with E-state index in [-0.39, 0.29) is 5.78 Å². The molecule has 0 saturated heterocycles. The number of hydrogen-bond donors (Lipinski definition) is 1. The average molecular weight is 320 g/mol. The number of carbonyl (C=O) groups is 1. The first-order chi connectivity index (χ1) is 9.97. The highest BCUT2D eigenvalue weighted by Gasteiger charge is 2.05. The van der Waals surface area contributed by atoms with Crippen LogP contribution in [-0.2, 0) is 0 Å². The van der Waals surface area contributed by atoms with Gasteiger partial charge in [-0.15, -0.1) is 0 Å². The van der Waals surface area contributed by atoms with Crippen LogP contribution in [0.3, 0.4) is 0 Å². The van der Waals surface area contributed by atoms with Crippen molar-refractivity contribution in [2.75, 3.05) is 5.32 Å². The Morgan fingerprint density at radius 3 is 2.52 bits per heavy atom. The number of anilines is 1. The molecule has 0 spiro atoms. The summed E-state index contributed by atoms with van der Waals surface area (Å²) in [6.07, 6.45) is 3.11. The lowest BCUT2D eigenvalue weighted by Gasteiger charge is -2.04. The molecular formula is C17H15Cl2NO. The number of benzene rings is 2. The van der Waals surface area contributed by atoms with Gasteiger partial charge < -0.3 is 5.32 Å². The van der Waals surface area contributed by atoms with Gasteiger partial charge in [-0.3, -0.25) is 4.79 Å². The second kappa shape index (κ2) is 6.79. The Labute approximate surface area is 134 Å². The summed E-state index contributed by atoms with van der Waals surface area (Å²) >= 11 is 11.8. The smallest absolute Gasteiger partial charge is 0.187 e. The lowest BCUT2D eigenvalue weighted by Crippen LogP contribution is -1.99. The average Bonchev–Trinajstić information content (AvgIpc) is 2.45. The van der Waals surface area contributed by atoms with Gasteiger partial charge in [0, 0.05) is 23.5 Å². The number of nitrogens with one attached hydrogen (secondary N) is 1. The standard InChI is InChI=1S/C17H15Cl2NO/c1-11-3-4-12(2)14(9-11)17(21)7-8-20-13-5-6-15(18)16(19)10-13/h3-10,20H,1-2H3.